The van der Waals surface area contributed by atoms with Crippen molar-refractivity contribution in [3.8, 4) is 11.3 Å². The van der Waals surface area contributed by atoms with E-state index in [1.54, 1.807) is 0 Å². The number of carbonyl (C=O) groups excluding carboxylic acids is 1. The van der Waals surface area contributed by atoms with Gasteiger partial charge >= 0.3 is 0 Å². The van der Waals surface area contributed by atoms with Gasteiger partial charge < -0.3 is 5.32 Å². The highest BCUT2D eigenvalue weighted by Crippen LogP contribution is 2.23. The van der Waals surface area contributed by atoms with E-state index in [-0.39, 0.29) is 5.91 Å². The molecule has 0 saturated heterocycles. The van der Waals surface area contributed by atoms with Crippen molar-refractivity contribution in [1.82, 2.24) is 24.9 Å². The fourth-order valence-electron chi connectivity index (χ4n) is 3.79. The number of amides is 1. The summed E-state index contributed by atoms with van der Waals surface area (Å²) in [4.78, 5) is 13.1. The van der Waals surface area contributed by atoms with E-state index in [0.717, 1.165) is 35.5 Å². The molecule has 0 unspecified atom stereocenters. The predicted octanol–water partition coefficient (Wildman–Crippen LogP) is 4.54. The van der Waals surface area contributed by atoms with Gasteiger partial charge in [-0.15, -0.1) is 0 Å². The second kappa shape index (κ2) is 9.64. The fourth-order valence-corrected chi connectivity index (χ4v) is 3.79. The Hall–Kier alpha value is -3.67. The normalized spacial score (nSPS) is 11.0. The third-order valence-electron chi connectivity index (χ3n) is 5.45. The van der Waals surface area contributed by atoms with Gasteiger partial charge in [-0.25, -0.2) is 0 Å². The van der Waals surface area contributed by atoms with Gasteiger partial charge in [0.25, 0.3) is 5.91 Å². The molecule has 4 aromatic rings. The molecular formula is C26H29N5O. The van der Waals surface area contributed by atoms with Crippen molar-refractivity contribution in [3.05, 3.63) is 94.9 Å². The quantitative estimate of drug-likeness (QED) is 0.420. The second-order valence-electron chi connectivity index (χ2n) is 8.20. The second-order valence-corrected chi connectivity index (χ2v) is 8.20. The molecule has 2 aromatic carbocycles. The van der Waals surface area contributed by atoms with Gasteiger partial charge in [0.05, 0.1) is 17.8 Å². The third kappa shape index (κ3) is 5.14. The van der Waals surface area contributed by atoms with Crippen LogP contribution in [0.1, 0.15) is 39.3 Å². The lowest BCUT2D eigenvalue weighted by Crippen LogP contribution is -2.25. The maximum absolute atomic E-state index is 13.1. The van der Waals surface area contributed by atoms with Crippen molar-refractivity contribution in [2.75, 3.05) is 6.54 Å². The van der Waals surface area contributed by atoms with E-state index < -0.39 is 0 Å². The summed E-state index contributed by atoms with van der Waals surface area (Å²) in [5.41, 5.74) is 6.70. The first kappa shape index (κ1) is 21.6. The van der Waals surface area contributed by atoms with Crippen LogP contribution in [0, 0.1) is 20.8 Å². The van der Waals surface area contributed by atoms with Crippen LogP contribution in [0.5, 0.6) is 0 Å². The number of nitrogens with zero attached hydrogens (tertiary/aromatic N) is 4. The maximum Gasteiger partial charge on any atom is 0.255 e. The van der Waals surface area contributed by atoms with Crippen molar-refractivity contribution in [3.63, 3.8) is 0 Å². The average Bonchev–Trinajstić information content (AvgIpc) is 3.34. The molecule has 0 aliphatic carbocycles. The van der Waals surface area contributed by atoms with E-state index in [1.807, 2.05) is 78.8 Å². The lowest BCUT2D eigenvalue weighted by molar-refractivity contribution is 0.0953. The summed E-state index contributed by atoms with van der Waals surface area (Å²) in [6.07, 6.45) is 2.66. The molecule has 0 atom stereocenters. The molecule has 1 amide bonds. The van der Waals surface area contributed by atoms with Gasteiger partial charge in [-0.1, -0.05) is 60.2 Å². The molecule has 2 heterocycles. The molecule has 32 heavy (non-hydrogen) atoms. The van der Waals surface area contributed by atoms with Crippen LogP contribution in [0.25, 0.3) is 11.3 Å². The van der Waals surface area contributed by atoms with Crippen LogP contribution >= 0.6 is 0 Å². The van der Waals surface area contributed by atoms with Crippen molar-refractivity contribution >= 4 is 5.91 Å². The molecule has 1 N–H and O–H groups in total. The summed E-state index contributed by atoms with van der Waals surface area (Å²) in [6, 6.07) is 20.3. The molecule has 6 heteroatoms. The van der Waals surface area contributed by atoms with Crippen molar-refractivity contribution in [1.29, 1.82) is 0 Å². The SMILES string of the molecule is Cc1ccc(-c2nn(Cc3ccccc3)cc2C(=O)NCCCn2nc(C)cc2C)cc1. The van der Waals surface area contributed by atoms with Crippen molar-refractivity contribution in [2.45, 2.75) is 40.3 Å². The van der Waals surface area contributed by atoms with Gasteiger partial charge in [0.1, 0.15) is 5.69 Å². The maximum atomic E-state index is 13.1. The third-order valence-corrected chi connectivity index (χ3v) is 5.45. The molecule has 0 radical (unpaired) electrons. The van der Waals surface area contributed by atoms with Crippen LogP contribution in [-0.2, 0) is 13.1 Å². The monoisotopic (exact) mass is 427 g/mol. The highest BCUT2D eigenvalue weighted by molar-refractivity contribution is 5.99. The van der Waals surface area contributed by atoms with Gasteiger partial charge in [-0.2, -0.15) is 10.2 Å². The predicted molar refractivity (Wildman–Crippen MR) is 127 cm³/mol. The van der Waals surface area contributed by atoms with Gasteiger partial charge in [0, 0.05) is 30.5 Å². The summed E-state index contributed by atoms with van der Waals surface area (Å²) in [5.74, 6) is -0.103. The first-order valence-corrected chi connectivity index (χ1v) is 11.0. The van der Waals surface area contributed by atoms with Crippen molar-refractivity contribution in [2.24, 2.45) is 0 Å². The Morgan fingerprint density at radius 1 is 0.969 bits per heavy atom. The van der Waals surface area contributed by atoms with Crippen molar-refractivity contribution < 1.29 is 4.79 Å². The zero-order valence-electron chi connectivity index (χ0n) is 18.9. The van der Waals surface area contributed by atoms with Crippen LogP contribution in [0.2, 0.25) is 0 Å². The minimum atomic E-state index is -0.103. The van der Waals surface area contributed by atoms with Crippen LogP contribution in [-0.4, -0.2) is 32.0 Å². The van der Waals surface area contributed by atoms with E-state index in [9.17, 15) is 4.79 Å². The van der Waals surface area contributed by atoms with Gasteiger partial charge in [-0.05, 0) is 38.8 Å². The molecule has 0 aliphatic heterocycles. The summed E-state index contributed by atoms with van der Waals surface area (Å²) >= 11 is 0. The van der Waals surface area contributed by atoms with Crippen LogP contribution in [0.3, 0.4) is 0 Å². The zero-order valence-corrected chi connectivity index (χ0v) is 18.9. The molecule has 164 valence electrons. The minimum absolute atomic E-state index is 0.103. The first-order chi connectivity index (χ1) is 15.5. The lowest BCUT2D eigenvalue weighted by atomic mass is 10.1. The Labute approximate surface area is 188 Å². The van der Waals surface area contributed by atoms with Gasteiger partial charge in [0.15, 0.2) is 0 Å². The molecule has 6 nitrogen and oxygen atoms in total. The number of aryl methyl sites for hydroxylation is 4. The summed E-state index contributed by atoms with van der Waals surface area (Å²) in [7, 11) is 0. The molecule has 0 spiro atoms. The lowest BCUT2D eigenvalue weighted by Gasteiger charge is -2.07. The number of benzene rings is 2. The number of nitrogens with one attached hydrogen (secondary N) is 1. The molecule has 0 bridgehead atoms. The average molecular weight is 428 g/mol. The fraction of sp³-hybridized carbons (Fsp3) is 0.269. The van der Waals surface area contributed by atoms with Crippen LogP contribution in [0.4, 0.5) is 0 Å². The van der Waals surface area contributed by atoms with Crippen LogP contribution in [0.15, 0.2) is 66.9 Å². The van der Waals surface area contributed by atoms with E-state index >= 15 is 0 Å². The Morgan fingerprint density at radius 3 is 2.41 bits per heavy atom. The first-order valence-electron chi connectivity index (χ1n) is 11.0. The molecule has 0 fully saturated rings. The molecule has 0 saturated carbocycles. The summed E-state index contributed by atoms with van der Waals surface area (Å²) in [6.45, 7) is 8.06. The Morgan fingerprint density at radius 2 is 1.72 bits per heavy atom. The Bertz CT molecular complexity index is 1190. The smallest absolute Gasteiger partial charge is 0.255 e. The van der Waals surface area contributed by atoms with Crippen LogP contribution < -0.4 is 5.32 Å². The highest BCUT2D eigenvalue weighted by Gasteiger charge is 2.18. The number of carbonyl (C=O) groups is 1. The molecular weight excluding hydrogens is 398 g/mol. The van der Waals surface area contributed by atoms with E-state index in [0.29, 0.717) is 24.3 Å². The highest BCUT2D eigenvalue weighted by atomic mass is 16.1. The molecule has 2 aromatic heterocycles. The summed E-state index contributed by atoms with van der Waals surface area (Å²) in [5, 5.41) is 12.3. The van der Waals surface area contributed by atoms with Gasteiger partial charge in [0.2, 0.25) is 0 Å². The number of rotatable bonds is 8. The standard InChI is InChI=1S/C26H29N5O/c1-19-10-12-23(13-11-19)25-24(18-30(29-25)17-22-8-5-4-6-9-22)26(32)27-14-7-15-31-21(3)16-20(2)28-31/h4-6,8-13,16,18H,7,14-15,17H2,1-3H3,(H,27,32). The number of aromatic nitrogens is 4. The van der Waals surface area contributed by atoms with E-state index in [4.69, 9.17) is 5.10 Å². The Balaban J connectivity index is 1.49. The molecule has 4 rings (SSSR count). The number of hydrogen-bond donors (Lipinski definition) is 1. The summed E-state index contributed by atoms with van der Waals surface area (Å²) < 4.78 is 3.83. The van der Waals surface area contributed by atoms with E-state index in [1.165, 1.54) is 5.56 Å². The number of hydrogen-bond acceptors (Lipinski definition) is 3. The largest absolute Gasteiger partial charge is 0.352 e. The van der Waals surface area contributed by atoms with Gasteiger partial charge in [-0.3, -0.25) is 14.2 Å². The minimum Gasteiger partial charge on any atom is -0.352 e. The van der Waals surface area contributed by atoms with E-state index in [2.05, 4.69) is 28.6 Å². The Kier molecular flexibility index (Phi) is 6.50. The topological polar surface area (TPSA) is 64.7 Å². The molecule has 0 aliphatic rings. The zero-order chi connectivity index (χ0) is 22.5.